The third-order valence-electron chi connectivity index (χ3n) is 7.44. The molecule has 36 heavy (non-hydrogen) atoms. The van der Waals surface area contributed by atoms with E-state index in [1.807, 2.05) is 66.7 Å². The lowest BCUT2D eigenvalue weighted by atomic mass is 9.90. The summed E-state index contributed by atoms with van der Waals surface area (Å²) in [5.74, 6) is -1.35. The molecule has 2 aliphatic rings. The summed E-state index contributed by atoms with van der Waals surface area (Å²) in [5, 5.41) is 0. The predicted molar refractivity (Wildman–Crippen MR) is 137 cm³/mol. The molecular formula is C30H31FN2O3. The molecule has 0 aromatic heterocycles. The van der Waals surface area contributed by atoms with Gasteiger partial charge in [0.05, 0.1) is 13.0 Å². The lowest BCUT2D eigenvalue weighted by Gasteiger charge is -2.32. The minimum Gasteiger partial charge on any atom is -0.467 e. The van der Waals surface area contributed by atoms with Crippen molar-refractivity contribution in [2.24, 2.45) is 0 Å². The maximum Gasteiger partial charge on any atom is 0.328 e. The van der Waals surface area contributed by atoms with Gasteiger partial charge in [0.1, 0.15) is 11.9 Å². The Kier molecular flexibility index (Phi) is 7.03. The molecule has 1 fully saturated rings. The monoisotopic (exact) mass is 486 g/mol. The van der Waals surface area contributed by atoms with Crippen LogP contribution in [0.2, 0.25) is 0 Å². The number of rotatable bonds is 5. The molecule has 5 nitrogen and oxygen atoms in total. The van der Waals surface area contributed by atoms with Gasteiger partial charge >= 0.3 is 5.97 Å². The topological polar surface area (TPSA) is 49.9 Å². The molecule has 0 bridgehead atoms. The van der Waals surface area contributed by atoms with E-state index in [0.717, 1.165) is 48.2 Å². The van der Waals surface area contributed by atoms with E-state index in [2.05, 4.69) is 4.90 Å². The number of likely N-dealkylation sites (tertiary alicyclic amines) is 1. The number of benzene rings is 3. The molecule has 0 unspecified atom stereocenters. The molecule has 5 rings (SSSR count). The van der Waals surface area contributed by atoms with Crippen LogP contribution < -0.4 is 4.90 Å². The number of fused-ring (bicyclic) bond motifs is 1. The molecule has 0 N–H and O–H groups in total. The highest BCUT2D eigenvalue weighted by atomic mass is 19.1. The van der Waals surface area contributed by atoms with Crippen molar-refractivity contribution in [2.75, 3.05) is 25.1 Å². The van der Waals surface area contributed by atoms with E-state index in [1.54, 1.807) is 11.0 Å². The van der Waals surface area contributed by atoms with Crippen molar-refractivity contribution in [3.63, 3.8) is 0 Å². The van der Waals surface area contributed by atoms with Crippen LogP contribution >= 0.6 is 0 Å². The van der Waals surface area contributed by atoms with Crippen molar-refractivity contribution in [3.8, 4) is 0 Å². The minimum atomic E-state index is -0.692. The summed E-state index contributed by atoms with van der Waals surface area (Å²) in [6, 6.07) is 23.5. The molecule has 3 aromatic rings. The van der Waals surface area contributed by atoms with Crippen LogP contribution in [-0.2, 0) is 20.7 Å². The van der Waals surface area contributed by atoms with Gasteiger partial charge in [-0.3, -0.25) is 4.79 Å². The highest BCUT2D eigenvalue weighted by Gasteiger charge is 2.45. The SMILES string of the molecule is COC(=O)[C@@H]1C[C@H](N2CCCCc3ccc(F)cc32)CN1C(=O)C(c1ccccc1)c1ccccc1. The fraction of sp³-hybridized carbons (Fsp3) is 0.333. The quantitative estimate of drug-likeness (QED) is 0.479. The number of esters is 1. The Hall–Kier alpha value is -3.67. The molecule has 3 aromatic carbocycles. The highest BCUT2D eigenvalue weighted by molar-refractivity contribution is 5.92. The van der Waals surface area contributed by atoms with E-state index >= 15 is 0 Å². The second-order valence-corrected chi connectivity index (χ2v) is 9.60. The zero-order valence-corrected chi connectivity index (χ0v) is 20.5. The van der Waals surface area contributed by atoms with Gasteiger partial charge in [-0.05, 0) is 48.1 Å². The van der Waals surface area contributed by atoms with Crippen LogP contribution in [0.5, 0.6) is 0 Å². The van der Waals surface area contributed by atoms with Gasteiger partial charge in [-0.25, -0.2) is 9.18 Å². The highest BCUT2D eigenvalue weighted by Crippen LogP contribution is 2.36. The van der Waals surface area contributed by atoms with Crippen molar-refractivity contribution in [1.82, 2.24) is 4.90 Å². The third kappa shape index (κ3) is 4.72. The molecule has 186 valence electrons. The van der Waals surface area contributed by atoms with Crippen LogP contribution in [0.1, 0.15) is 41.9 Å². The van der Waals surface area contributed by atoms with Crippen molar-refractivity contribution >= 4 is 17.6 Å². The average molecular weight is 487 g/mol. The van der Waals surface area contributed by atoms with Gasteiger partial charge in [0.2, 0.25) is 5.91 Å². The first-order valence-corrected chi connectivity index (χ1v) is 12.6. The van der Waals surface area contributed by atoms with E-state index < -0.39 is 17.9 Å². The van der Waals surface area contributed by atoms with Crippen LogP contribution in [0.3, 0.4) is 0 Å². The Labute approximate surface area is 211 Å². The number of anilines is 1. The summed E-state index contributed by atoms with van der Waals surface area (Å²) in [6.45, 7) is 1.14. The fourth-order valence-electron chi connectivity index (χ4n) is 5.69. The van der Waals surface area contributed by atoms with E-state index in [4.69, 9.17) is 4.74 Å². The predicted octanol–water partition coefficient (Wildman–Crippen LogP) is 4.94. The molecular weight excluding hydrogens is 455 g/mol. The summed E-state index contributed by atoms with van der Waals surface area (Å²) in [6.07, 6.45) is 3.34. The van der Waals surface area contributed by atoms with Crippen molar-refractivity contribution in [3.05, 3.63) is 101 Å². The Balaban J connectivity index is 1.51. The second-order valence-electron chi connectivity index (χ2n) is 9.60. The summed E-state index contributed by atoms with van der Waals surface area (Å²) < 4.78 is 19.4. The Morgan fingerprint density at radius 3 is 2.25 bits per heavy atom. The van der Waals surface area contributed by atoms with Gasteiger partial charge in [0, 0.05) is 31.2 Å². The molecule has 0 saturated carbocycles. The number of ether oxygens (including phenoxy) is 1. The number of halogens is 1. The number of hydrogen-bond acceptors (Lipinski definition) is 4. The van der Waals surface area contributed by atoms with Gasteiger partial charge in [0.15, 0.2) is 0 Å². The normalized spacial score (nSPS) is 19.6. The van der Waals surface area contributed by atoms with Crippen molar-refractivity contribution < 1.29 is 18.7 Å². The first-order chi connectivity index (χ1) is 17.6. The molecule has 1 amide bonds. The smallest absolute Gasteiger partial charge is 0.328 e. The van der Waals surface area contributed by atoms with Gasteiger partial charge in [0.25, 0.3) is 0 Å². The molecule has 0 spiro atoms. The zero-order valence-electron chi connectivity index (χ0n) is 20.5. The summed E-state index contributed by atoms with van der Waals surface area (Å²) in [5.41, 5.74) is 3.74. The van der Waals surface area contributed by atoms with E-state index in [0.29, 0.717) is 13.0 Å². The molecule has 0 aliphatic carbocycles. The third-order valence-corrected chi connectivity index (χ3v) is 7.44. The summed E-state index contributed by atoms with van der Waals surface area (Å²) >= 11 is 0. The van der Waals surface area contributed by atoms with E-state index in [1.165, 1.54) is 13.2 Å². The van der Waals surface area contributed by atoms with Gasteiger partial charge in [-0.2, -0.15) is 0 Å². The Morgan fingerprint density at radius 2 is 1.61 bits per heavy atom. The second kappa shape index (κ2) is 10.5. The number of carbonyl (C=O) groups is 2. The van der Waals surface area contributed by atoms with Crippen LogP contribution in [0.25, 0.3) is 0 Å². The lowest BCUT2D eigenvalue weighted by molar-refractivity contribution is -0.151. The van der Waals surface area contributed by atoms with Gasteiger partial charge in [-0.1, -0.05) is 66.7 Å². The average Bonchev–Trinajstić information content (AvgIpc) is 3.25. The molecule has 6 heteroatoms. The van der Waals surface area contributed by atoms with E-state index in [9.17, 15) is 14.0 Å². The largest absolute Gasteiger partial charge is 0.467 e. The number of aryl methyl sites for hydroxylation is 1. The van der Waals surface area contributed by atoms with Gasteiger partial charge in [-0.15, -0.1) is 0 Å². The van der Waals surface area contributed by atoms with Crippen molar-refractivity contribution in [2.45, 2.75) is 43.7 Å². The Bertz CT molecular complexity index is 1180. The number of amides is 1. The molecule has 0 radical (unpaired) electrons. The lowest BCUT2D eigenvalue weighted by Crippen LogP contribution is -2.44. The number of nitrogens with zero attached hydrogens (tertiary/aromatic N) is 2. The molecule has 2 aliphatic heterocycles. The summed E-state index contributed by atoms with van der Waals surface area (Å²) in [7, 11) is 1.36. The number of methoxy groups -OCH3 is 1. The van der Waals surface area contributed by atoms with Crippen LogP contribution in [-0.4, -0.2) is 49.1 Å². The summed E-state index contributed by atoms with van der Waals surface area (Å²) in [4.78, 5) is 31.0. The minimum absolute atomic E-state index is 0.108. The molecule has 2 atom stereocenters. The Morgan fingerprint density at radius 1 is 0.944 bits per heavy atom. The van der Waals surface area contributed by atoms with Crippen LogP contribution in [0, 0.1) is 5.82 Å². The fourth-order valence-corrected chi connectivity index (χ4v) is 5.69. The number of hydrogen-bond donors (Lipinski definition) is 0. The van der Waals surface area contributed by atoms with Crippen molar-refractivity contribution in [1.29, 1.82) is 0 Å². The first kappa shape index (κ1) is 24.0. The standard InChI is InChI=1S/C30H31FN2O3/c1-36-30(35)27-19-25(32-17-9-8-10-21-15-16-24(31)18-26(21)32)20-33(27)29(34)28(22-11-4-2-5-12-22)23-13-6-3-7-14-23/h2-7,11-16,18,25,27-28H,8-10,17,19-20H2,1H3/t25-,27-/m0/s1. The maximum atomic E-state index is 14.3. The van der Waals surface area contributed by atoms with Gasteiger partial charge < -0.3 is 14.5 Å². The first-order valence-electron chi connectivity index (χ1n) is 12.6. The number of carbonyl (C=O) groups excluding carboxylic acids is 2. The molecule has 1 saturated heterocycles. The molecule has 2 heterocycles. The maximum absolute atomic E-state index is 14.3. The zero-order chi connectivity index (χ0) is 25.1. The van der Waals surface area contributed by atoms with Crippen LogP contribution in [0.4, 0.5) is 10.1 Å². The van der Waals surface area contributed by atoms with E-state index in [-0.39, 0.29) is 17.8 Å². The van der Waals surface area contributed by atoms with Crippen LogP contribution in [0.15, 0.2) is 78.9 Å².